The van der Waals surface area contributed by atoms with Crippen LogP contribution in [-0.4, -0.2) is 110 Å². The van der Waals surface area contributed by atoms with Crippen molar-refractivity contribution in [3.63, 3.8) is 0 Å². The van der Waals surface area contributed by atoms with E-state index in [1.807, 2.05) is 0 Å². The molecule has 1 saturated heterocycles. The standard InChI is InChI=1S/C42H50N4O16/c1-41(17-39(59)60)23(5-9-35(51)52)29-14-27-21(11-37(55)56)19(3-7-33(47)48)25(43-27)13-26-20(4-8-34(49)50)22(12-38(57)58)28(44-26)15-31-42(2,18-40(61)62)24(6-10-36(53)54)30(46-31)16-32(41)45-29/h14,16,23-24,31,43-45H,3-13,15,17-18H2,1-2H3,(H,47,48)(H,49,50)(H,51,52)(H,53,54)(H,55,56)(H,57,58)(H,59,60)(H,61,62). The quantitative estimate of drug-likeness (QED) is 0.0909. The molecule has 5 heterocycles. The van der Waals surface area contributed by atoms with E-state index in [9.17, 15) is 79.2 Å². The van der Waals surface area contributed by atoms with E-state index in [2.05, 4.69) is 15.3 Å². The van der Waals surface area contributed by atoms with Crippen molar-refractivity contribution in [2.75, 3.05) is 0 Å². The molecule has 0 aliphatic carbocycles. The van der Waals surface area contributed by atoms with Crippen LogP contribution in [0.25, 0.3) is 6.08 Å². The van der Waals surface area contributed by atoms with Gasteiger partial charge in [-0.3, -0.25) is 43.3 Å². The number of aliphatic carboxylic acids is 8. The number of hydrogen-bond acceptors (Lipinski definition) is 10. The number of fused-ring (bicyclic) bond motifs is 7. The Labute approximate surface area is 353 Å². The number of hydrogen-bond donors (Lipinski definition) is 11. The van der Waals surface area contributed by atoms with Gasteiger partial charge in [-0.05, 0) is 60.1 Å². The Morgan fingerprint density at radius 2 is 1.11 bits per heavy atom. The summed E-state index contributed by atoms with van der Waals surface area (Å²) in [5.74, 6) is -11.6. The molecule has 5 atom stereocenters. The SMILES string of the molecule is CC1(CC(=O)O)C2=CC3=NC(Cc4[nH]c(c(CCC(=O)O)c4CC(=O)O)Cc4[nH]c(c(CC(=O)O)c4CCC(=O)O)C=C(N2)C1CCC(=O)O)C(C)(CC(=O)O)C3CCC(=O)O. The van der Waals surface area contributed by atoms with E-state index in [0.29, 0.717) is 22.5 Å². The second kappa shape index (κ2) is 18.5. The van der Waals surface area contributed by atoms with E-state index in [1.54, 1.807) is 13.8 Å². The maximum atomic E-state index is 12.6. The van der Waals surface area contributed by atoms with Crippen LogP contribution < -0.4 is 5.32 Å². The Morgan fingerprint density at radius 1 is 0.597 bits per heavy atom. The van der Waals surface area contributed by atoms with Gasteiger partial charge in [0.25, 0.3) is 0 Å². The molecule has 334 valence electrons. The van der Waals surface area contributed by atoms with Gasteiger partial charge < -0.3 is 56.1 Å². The van der Waals surface area contributed by atoms with E-state index >= 15 is 0 Å². The summed E-state index contributed by atoms with van der Waals surface area (Å²) in [6.07, 6.45) is -1.77. The van der Waals surface area contributed by atoms with Gasteiger partial charge in [-0.1, -0.05) is 13.8 Å². The van der Waals surface area contributed by atoms with Gasteiger partial charge in [-0.15, -0.1) is 0 Å². The topological polar surface area (TPSA) is 354 Å². The summed E-state index contributed by atoms with van der Waals surface area (Å²) in [6.45, 7) is 3.23. The molecule has 3 aliphatic heterocycles. The van der Waals surface area contributed by atoms with E-state index in [0.717, 1.165) is 0 Å². The van der Waals surface area contributed by atoms with Gasteiger partial charge in [0.1, 0.15) is 0 Å². The number of nitrogens with zero attached hydrogens (tertiary/aromatic N) is 1. The summed E-state index contributed by atoms with van der Waals surface area (Å²) in [5, 5.41) is 83.2. The van der Waals surface area contributed by atoms with Crippen LogP contribution in [0.1, 0.15) is 110 Å². The molecule has 2 aromatic rings. The lowest BCUT2D eigenvalue weighted by Crippen LogP contribution is -2.39. The fourth-order valence-corrected chi connectivity index (χ4v) is 9.66. The number of carboxylic acids is 8. The smallest absolute Gasteiger partial charge is 0.307 e. The molecule has 1 fully saturated rings. The Hall–Kier alpha value is -6.73. The molecule has 0 amide bonds. The summed E-state index contributed by atoms with van der Waals surface area (Å²) in [6, 6.07) is -0.973. The second-order valence-electron chi connectivity index (χ2n) is 16.7. The number of H-pyrrole nitrogens is 2. The number of rotatable bonds is 20. The van der Waals surface area contributed by atoms with Gasteiger partial charge in [0.2, 0.25) is 0 Å². The van der Waals surface area contributed by atoms with E-state index in [-0.39, 0.29) is 78.1 Å². The van der Waals surface area contributed by atoms with Crippen LogP contribution >= 0.6 is 0 Å². The van der Waals surface area contributed by atoms with E-state index < -0.39 is 128 Å². The van der Waals surface area contributed by atoms with E-state index in [4.69, 9.17) is 4.99 Å². The lowest BCUT2D eigenvalue weighted by Gasteiger charge is -2.35. The van der Waals surface area contributed by atoms with Gasteiger partial charge in [0.05, 0.1) is 31.7 Å². The Balaban J connectivity index is 1.92. The molecule has 0 saturated carbocycles. The van der Waals surface area contributed by atoms with Crippen LogP contribution in [0.3, 0.4) is 0 Å². The molecule has 20 heteroatoms. The zero-order valence-electron chi connectivity index (χ0n) is 34.1. The third kappa shape index (κ3) is 10.2. The third-order valence-corrected chi connectivity index (χ3v) is 12.5. The molecule has 8 bridgehead atoms. The van der Waals surface area contributed by atoms with Crippen molar-refractivity contribution < 1.29 is 79.2 Å². The lowest BCUT2D eigenvalue weighted by atomic mass is 9.66. The van der Waals surface area contributed by atoms with Crippen molar-refractivity contribution in [2.45, 2.75) is 110 Å². The molecule has 3 aliphatic rings. The zero-order valence-corrected chi connectivity index (χ0v) is 34.1. The number of aromatic amines is 2. The van der Waals surface area contributed by atoms with Gasteiger partial charge in [-0.2, -0.15) is 0 Å². The summed E-state index contributed by atoms with van der Waals surface area (Å²) in [4.78, 5) is 110. The number of carbonyl (C=O) groups is 8. The average molecular weight is 867 g/mol. The molecule has 0 aromatic carbocycles. The predicted octanol–water partition coefficient (Wildman–Crippen LogP) is 3.35. The first-order valence-corrected chi connectivity index (χ1v) is 20.0. The fourth-order valence-electron chi connectivity index (χ4n) is 9.66. The van der Waals surface area contributed by atoms with Crippen LogP contribution in [0.4, 0.5) is 0 Å². The Bertz CT molecular complexity index is 2300. The highest BCUT2D eigenvalue weighted by Gasteiger charge is 2.52. The first-order valence-electron chi connectivity index (χ1n) is 20.0. The predicted molar refractivity (Wildman–Crippen MR) is 215 cm³/mol. The number of aromatic nitrogens is 2. The monoisotopic (exact) mass is 866 g/mol. The van der Waals surface area contributed by atoms with Gasteiger partial charge >= 0.3 is 47.8 Å². The Morgan fingerprint density at radius 3 is 1.65 bits per heavy atom. The first-order chi connectivity index (χ1) is 29.0. The van der Waals surface area contributed by atoms with Crippen molar-refractivity contribution in [1.29, 1.82) is 0 Å². The zero-order chi connectivity index (χ0) is 45.8. The van der Waals surface area contributed by atoms with Gasteiger partial charge in [0, 0.05) is 101 Å². The van der Waals surface area contributed by atoms with Crippen molar-refractivity contribution in [3.8, 4) is 0 Å². The molecule has 0 spiro atoms. The van der Waals surface area contributed by atoms with Crippen molar-refractivity contribution >= 4 is 59.5 Å². The normalized spacial score (nSPS) is 22.8. The molecule has 11 N–H and O–H groups in total. The summed E-state index contributed by atoms with van der Waals surface area (Å²) in [7, 11) is 0. The second-order valence-corrected chi connectivity index (χ2v) is 16.7. The number of nitrogens with one attached hydrogen (secondary N) is 3. The van der Waals surface area contributed by atoms with Crippen LogP contribution in [-0.2, 0) is 76.9 Å². The fraction of sp³-hybridized carbons (Fsp3) is 0.500. The van der Waals surface area contributed by atoms with Crippen LogP contribution in [0.5, 0.6) is 0 Å². The van der Waals surface area contributed by atoms with Gasteiger partial charge in [0.15, 0.2) is 0 Å². The highest BCUT2D eigenvalue weighted by molar-refractivity contribution is 6.00. The third-order valence-electron chi connectivity index (χ3n) is 12.5. The highest BCUT2D eigenvalue weighted by atomic mass is 16.4. The average Bonchev–Trinajstić information content (AvgIpc) is 3.77. The van der Waals surface area contributed by atoms with Crippen molar-refractivity contribution in [2.24, 2.45) is 27.7 Å². The lowest BCUT2D eigenvalue weighted by molar-refractivity contribution is -0.141. The minimum absolute atomic E-state index is 0.108. The van der Waals surface area contributed by atoms with Gasteiger partial charge in [-0.25, -0.2) is 0 Å². The molecule has 62 heavy (non-hydrogen) atoms. The van der Waals surface area contributed by atoms with E-state index in [1.165, 1.54) is 12.2 Å². The summed E-state index contributed by atoms with van der Waals surface area (Å²) < 4.78 is 0. The number of carboxylic acid groups (broad SMARTS) is 8. The van der Waals surface area contributed by atoms with Crippen molar-refractivity contribution in [3.05, 3.63) is 62.5 Å². The largest absolute Gasteiger partial charge is 0.481 e. The molecule has 20 nitrogen and oxygen atoms in total. The van der Waals surface area contributed by atoms with Crippen LogP contribution in [0.2, 0.25) is 0 Å². The molecule has 5 rings (SSSR count). The minimum Gasteiger partial charge on any atom is -0.481 e. The van der Waals surface area contributed by atoms with Crippen LogP contribution in [0.15, 0.2) is 22.5 Å². The first kappa shape index (κ1) is 46.3. The van der Waals surface area contributed by atoms with Crippen molar-refractivity contribution in [1.82, 2.24) is 15.3 Å². The maximum Gasteiger partial charge on any atom is 0.307 e. The molecule has 2 aromatic heterocycles. The molecule has 0 radical (unpaired) electrons. The Kier molecular flexibility index (Phi) is 13.8. The summed E-state index contributed by atoms with van der Waals surface area (Å²) in [5.41, 5.74) is 0.0689. The molecular weight excluding hydrogens is 816 g/mol. The number of aliphatic imine (C=N–C) groups is 1. The summed E-state index contributed by atoms with van der Waals surface area (Å²) >= 11 is 0. The molecule has 5 unspecified atom stereocenters. The minimum atomic E-state index is -1.40. The maximum absolute atomic E-state index is 12.6. The van der Waals surface area contributed by atoms with Crippen LogP contribution in [0, 0.1) is 22.7 Å². The number of allylic oxidation sites excluding steroid dienone is 3. The molecular formula is C42H50N4O16. The highest BCUT2D eigenvalue weighted by Crippen LogP contribution is 2.52.